The molecule has 0 radical (unpaired) electrons. The summed E-state index contributed by atoms with van der Waals surface area (Å²) in [4.78, 5) is 16.2. The number of aliphatic carboxylic acids is 1. The van der Waals surface area contributed by atoms with E-state index >= 15 is 0 Å². The summed E-state index contributed by atoms with van der Waals surface area (Å²) in [7, 11) is 0. The highest BCUT2D eigenvalue weighted by Gasteiger charge is 2.10. The minimum Gasteiger partial charge on any atom is -0.494 e. The van der Waals surface area contributed by atoms with Gasteiger partial charge in [0, 0.05) is 17.5 Å². The Kier molecular flexibility index (Phi) is 11.0. The Balaban J connectivity index is 2.08. The molecule has 0 unspecified atom stereocenters. The van der Waals surface area contributed by atoms with Crippen LogP contribution >= 0.6 is 0 Å². The second kappa shape index (κ2) is 14.1. The SMILES string of the molecule is CCCOc1ccc(C(=NOCCCCCC(=O)O)c2ccc(OCCC)cc2)cc1. The Bertz CT molecular complexity index is 746. The maximum Gasteiger partial charge on any atom is 0.303 e. The second-order valence-corrected chi connectivity index (χ2v) is 7.22. The van der Waals surface area contributed by atoms with E-state index in [1.54, 1.807) is 0 Å². The Labute approximate surface area is 184 Å². The quantitative estimate of drug-likeness (QED) is 0.225. The first-order valence-electron chi connectivity index (χ1n) is 11.0. The molecule has 6 heteroatoms. The molecule has 0 fully saturated rings. The molecule has 168 valence electrons. The molecule has 0 aliphatic heterocycles. The van der Waals surface area contributed by atoms with Crippen LogP contribution in [-0.2, 0) is 9.63 Å². The van der Waals surface area contributed by atoms with Gasteiger partial charge in [-0.15, -0.1) is 0 Å². The molecule has 31 heavy (non-hydrogen) atoms. The largest absolute Gasteiger partial charge is 0.494 e. The Morgan fingerprint density at radius 2 is 1.29 bits per heavy atom. The van der Waals surface area contributed by atoms with Crippen molar-refractivity contribution in [1.29, 1.82) is 0 Å². The van der Waals surface area contributed by atoms with Gasteiger partial charge < -0.3 is 19.4 Å². The van der Waals surface area contributed by atoms with Crippen molar-refractivity contribution in [2.45, 2.75) is 52.4 Å². The molecule has 2 rings (SSSR count). The van der Waals surface area contributed by atoms with E-state index in [4.69, 9.17) is 19.4 Å². The van der Waals surface area contributed by atoms with Gasteiger partial charge in [-0.2, -0.15) is 0 Å². The lowest BCUT2D eigenvalue weighted by molar-refractivity contribution is -0.137. The van der Waals surface area contributed by atoms with E-state index in [1.165, 1.54) is 0 Å². The average molecular weight is 428 g/mol. The van der Waals surface area contributed by atoms with Crippen LogP contribution in [0.5, 0.6) is 11.5 Å². The molecule has 0 saturated carbocycles. The first kappa shape index (κ1) is 24.3. The lowest BCUT2D eigenvalue weighted by atomic mass is 10.0. The van der Waals surface area contributed by atoms with E-state index in [-0.39, 0.29) is 6.42 Å². The Morgan fingerprint density at radius 1 is 0.774 bits per heavy atom. The van der Waals surface area contributed by atoms with Crippen molar-refractivity contribution >= 4 is 11.7 Å². The van der Waals surface area contributed by atoms with Gasteiger partial charge in [-0.05, 0) is 80.6 Å². The molecule has 0 aliphatic rings. The fourth-order valence-corrected chi connectivity index (χ4v) is 2.86. The van der Waals surface area contributed by atoms with Crippen LogP contribution < -0.4 is 9.47 Å². The van der Waals surface area contributed by atoms with Crippen molar-refractivity contribution in [3.8, 4) is 11.5 Å². The monoisotopic (exact) mass is 427 g/mol. The zero-order chi connectivity index (χ0) is 22.3. The molecular weight excluding hydrogens is 394 g/mol. The number of rotatable bonds is 15. The van der Waals surface area contributed by atoms with Gasteiger partial charge >= 0.3 is 5.97 Å². The number of carbonyl (C=O) groups is 1. The van der Waals surface area contributed by atoms with E-state index in [9.17, 15) is 4.79 Å². The zero-order valence-corrected chi connectivity index (χ0v) is 18.5. The fourth-order valence-electron chi connectivity index (χ4n) is 2.86. The van der Waals surface area contributed by atoms with Gasteiger partial charge in [-0.25, -0.2) is 0 Å². The maximum atomic E-state index is 10.6. The van der Waals surface area contributed by atoms with Crippen molar-refractivity contribution < 1.29 is 24.2 Å². The van der Waals surface area contributed by atoms with Crippen LogP contribution in [0, 0.1) is 0 Å². The van der Waals surface area contributed by atoms with Crippen LogP contribution in [0.2, 0.25) is 0 Å². The molecule has 2 aromatic rings. The summed E-state index contributed by atoms with van der Waals surface area (Å²) >= 11 is 0. The fraction of sp³-hybridized carbons (Fsp3) is 0.440. The van der Waals surface area contributed by atoms with Gasteiger partial charge in [0.2, 0.25) is 0 Å². The van der Waals surface area contributed by atoms with Crippen LogP contribution in [0.25, 0.3) is 0 Å². The van der Waals surface area contributed by atoms with Crippen molar-refractivity contribution in [3.63, 3.8) is 0 Å². The zero-order valence-electron chi connectivity index (χ0n) is 18.5. The number of nitrogens with zero attached hydrogens (tertiary/aromatic N) is 1. The van der Waals surface area contributed by atoms with Gasteiger partial charge in [0.15, 0.2) is 0 Å². The summed E-state index contributed by atoms with van der Waals surface area (Å²) < 4.78 is 11.3. The summed E-state index contributed by atoms with van der Waals surface area (Å²) in [6.07, 6.45) is 4.31. The number of ether oxygens (including phenoxy) is 2. The lowest BCUT2D eigenvalue weighted by Crippen LogP contribution is -2.06. The third kappa shape index (κ3) is 9.11. The minimum atomic E-state index is -0.765. The highest BCUT2D eigenvalue weighted by Crippen LogP contribution is 2.19. The van der Waals surface area contributed by atoms with Gasteiger partial charge in [0.05, 0.1) is 13.2 Å². The Morgan fingerprint density at radius 3 is 1.74 bits per heavy atom. The van der Waals surface area contributed by atoms with Crippen LogP contribution in [-0.4, -0.2) is 36.6 Å². The Hall–Kier alpha value is -3.02. The molecule has 0 atom stereocenters. The van der Waals surface area contributed by atoms with Crippen LogP contribution in [0.1, 0.15) is 63.5 Å². The normalized spacial score (nSPS) is 10.4. The number of hydrogen-bond acceptors (Lipinski definition) is 5. The van der Waals surface area contributed by atoms with Gasteiger partial charge in [-0.1, -0.05) is 19.0 Å². The van der Waals surface area contributed by atoms with E-state index in [1.807, 2.05) is 48.5 Å². The first-order chi connectivity index (χ1) is 15.1. The van der Waals surface area contributed by atoms with E-state index < -0.39 is 5.97 Å². The number of benzene rings is 2. The third-order valence-electron chi connectivity index (χ3n) is 4.48. The molecule has 0 amide bonds. The van der Waals surface area contributed by atoms with Crippen LogP contribution in [0.3, 0.4) is 0 Å². The van der Waals surface area contributed by atoms with Crippen LogP contribution in [0.4, 0.5) is 0 Å². The third-order valence-corrected chi connectivity index (χ3v) is 4.48. The highest BCUT2D eigenvalue weighted by molar-refractivity contribution is 6.12. The highest BCUT2D eigenvalue weighted by atomic mass is 16.6. The van der Waals surface area contributed by atoms with Gasteiger partial charge in [0.25, 0.3) is 0 Å². The molecule has 0 bridgehead atoms. The number of unbranched alkanes of at least 4 members (excludes halogenated alkanes) is 2. The van der Waals surface area contributed by atoms with E-state index in [0.717, 1.165) is 54.0 Å². The molecule has 0 heterocycles. The molecule has 0 aromatic heterocycles. The molecule has 6 nitrogen and oxygen atoms in total. The molecule has 0 aliphatic carbocycles. The second-order valence-electron chi connectivity index (χ2n) is 7.22. The number of hydrogen-bond donors (Lipinski definition) is 1. The van der Waals surface area contributed by atoms with Gasteiger partial charge in [-0.3, -0.25) is 4.79 Å². The maximum absolute atomic E-state index is 10.6. The first-order valence-corrected chi connectivity index (χ1v) is 11.0. The topological polar surface area (TPSA) is 77.4 Å². The summed E-state index contributed by atoms with van der Waals surface area (Å²) in [5.41, 5.74) is 2.59. The minimum absolute atomic E-state index is 0.188. The number of carboxylic acids is 1. The summed E-state index contributed by atoms with van der Waals surface area (Å²) in [6.45, 7) is 5.96. The molecule has 0 saturated heterocycles. The molecule has 2 aromatic carbocycles. The number of carboxylic acid groups (broad SMARTS) is 1. The predicted octanol–water partition coefficient (Wildman–Crippen LogP) is 5.68. The molecular formula is C25H33NO5. The smallest absolute Gasteiger partial charge is 0.303 e. The molecule has 1 N–H and O–H groups in total. The number of oxime groups is 1. The predicted molar refractivity (Wildman–Crippen MR) is 122 cm³/mol. The van der Waals surface area contributed by atoms with E-state index in [0.29, 0.717) is 26.2 Å². The van der Waals surface area contributed by atoms with Crippen molar-refractivity contribution in [1.82, 2.24) is 0 Å². The van der Waals surface area contributed by atoms with Crippen LogP contribution in [0.15, 0.2) is 53.7 Å². The lowest BCUT2D eigenvalue weighted by Gasteiger charge is -2.11. The summed E-state index contributed by atoms with van der Waals surface area (Å²) in [6, 6.07) is 15.6. The van der Waals surface area contributed by atoms with Crippen molar-refractivity contribution in [2.24, 2.45) is 5.16 Å². The molecule has 0 spiro atoms. The van der Waals surface area contributed by atoms with Gasteiger partial charge in [0.1, 0.15) is 23.8 Å². The average Bonchev–Trinajstić information content (AvgIpc) is 2.79. The van der Waals surface area contributed by atoms with Crippen molar-refractivity contribution in [3.05, 3.63) is 59.7 Å². The van der Waals surface area contributed by atoms with E-state index in [2.05, 4.69) is 19.0 Å². The van der Waals surface area contributed by atoms with Crippen molar-refractivity contribution in [2.75, 3.05) is 19.8 Å². The standard InChI is InChI=1S/C25H33NO5/c1-3-17-29-22-13-9-20(10-14-22)25(26-31-19-7-5-6-8-24(27)28)21-11-15-23(16-12-21)30-18-4-2/h9-16H,3-8,17-19H2,1-2H3,(H,27,28). The summed E-state index contributed by atoms with van der Waals surface area (Å²) in [5, 5.41) is 13.1. The summed E-state index contributed by atoms with van der Waals surface area (Å²) in [5.74, 6) is 0.888.